The number of hydrogen-bond acceptors (Lipinski definition) is 5. The topological polar surface area (TPSA) is 85.2 Å². The Morgan fingerprint density at radius 2 is 1.84 bits per heavy atom. The van der Waals surface area contributed by atoms with Crippen LogP contribution in [0.15, 0.2) is 29.3 Å². The minimum absolute atomic E-state index is 0.0643. The quantitative estimate of drug-likeness (QED) is 0.594. The molecule has 1 aliphatic heterocycles. The van der Waals surface area contributed by atoms with Gasteiger partial charge in [0.05, 0.1) is 12.1 Å². The van der Waals surface area contributed by atoms with E-state index in [0.717, 1.165) is 39.7 Å². The van der Waals surface area contributed by atoms with E-state index in [2.05, 4.69) is 22.1 Å². The first kappa shape index (κ1) is 21.3. The molecule has 0 spiro atoms. The van der Waals surface area contributed by atoms with Crippen LogP contribution in [0.1, 0.15) is 67.3 Å². The maximum atomic E-state index is 12.7. The van der Waals surface area contributed by atoms with Crippen LogP contribution in [0, 0.1) is 20.8 Å². The van der Waals surface area contributed by atoms with E-state index < -0.39 is 11.6 Å². The molecular formula is C23H26ClN5O2. The number of esters is 1. The highest BCUT2D eigenvalue weighted by molar-refractivity contribution is 6.30. The molecule has 0 unspecified atom stereocenters. The molecule has 0 amide bonds. The van der Waals surface area contributed by atoms with Crippen LogP contribution >= 0.6 is 11.6 Å². The van der Waals surface area contributed by atoms with Gasteiger partial charge in [-0.1, -0.05) is 23.7 Å². The van der Waals surface area contributed by atoms with Crippen LogP contribution in [0.3, 0.4) is 0 Å². The van der Waals surface area contributed by atoms with E-state index in [9.17, 15) is 4.79 Å². The molecule has 0 radical (unpaired) electrons. The number of aromatic amines is 1. The second-order valence-electron chi connectivity index (χ2n) is 8.83. The average Bonchev–Trinajstić information content (AvgIpc) is 3.14. The van der Waals surface area contributed by atoms with E-state index in [1.807, 2.05) is 63.5 Å². The highest BCUT2D eigenvalue weighted by Crippen LogP contribution is 2.35. The largest absolute Gasteiger partial charge is 0.460 e. The average molecular weight is 440 g/mol. The zero-order chi connectivity index (χ0) is 22.5. The lowest BCUT2D eigenvalue weighted by molar-refractivity contribution is -0.155. The summed E-state index contributed by atoms with van der Waals surface area (Å²) in [6.45, 7) is 11.5. The van der Waals surface area contributed by atoms with Crippen molar-refractivity contribution in [3.8, 4) is 5.82 Å². The van der Waals surface area contributed by atoms with Gasteiger partial charge in [-0.25, -0.2) is 0 Å². The fourth-order valence-corrected chi connectivity index (χ4v) is 3.94. The Kier molecular flexibility index (Phi) is 5.25. The van der Waals surface area contributed by atoms with E-state index in [4.69, 9.17) is 21.3 Å². The van der Waals surface area contributed by atoms with Gasteiger partial charge in [0, 0.05) is 21.8 Å². The molecule has 162 valence electrons. The number of carbonyl (C=O) groups excluding carboxylic acids is 1. The summed E-state index contributed by atoms with van der Waals surface area (Å²) in [7, 11) is 0. The first-order chi connectivity index (χ1) is 14.5. The molecule has 31 heavy (non-hydrogen) atoms. The van der Waals surface area contributed by atoms with E-state index in [-0.39, 0.29) is 12.4 Å². The number of halogens is 1. The molecule has 3 heterocycles. The molecule has 0 saturated carbocycles. The summed E-state index contributed by atoms with van der Waals surface area (Å²) in [6, 6.07) is 7.02. The Bertz CT molecular complexity index is 1180. The minimum atomic E-state index is -0.577. The summed E-state index contributed by atoms with van der Waals surface area (Å²) in [5.74, 6) is 1.85. The fourth-order valence-electron chi connectivity index (χ4n) is 3.81. The highest BCUT2D eigenvalue weighted by atomic mass is 35.5. The highest BCUT2D eigenvalue weighted by Gasteiger charge is 2.33. The maximum absolute atomic E-state index is 12.7. The van der Waals surface area contributed by atoms with Crippen molar-refractivity contribution in [3.05, 3.63) is 63.3 Å². The van der Waals surface area contributed by atoms with Crippen LogP contribution in [0.4, 0.5) is 0 Å². The Labute approximate surface area is 186 Å². The molecule has 8 heteroatoms. The number of aliphatic imine (C=N–C) groups is 1. The van der Waals surface area contributed by atoms with Crippen LogP contribution in [-0.2, 0) is 9.53 Å². The predicted octanol–water partition coefficient (Wildman–Crippen LogP) is 4.80. The van der Waals surface area contributed by atoms with Crippen molar-refractivity contribution < 1.29 is 9.53 Å². The van der Waals surface area contributed by atoms with Gasteiger partial charge in [-0.15, -0.1) is 10.2 Å². The SMILES string of the molecule is Cc1[nH]c2c(c1C)C(c1ccc(Cl)cc1)=N[C@@H](CC(=O)OC(C)(C)C)c1nnc(C)n1-2. The van der Waals surface area contributed by atoms with Gasteiger partial charge in [0.1, 0.15) is 23.3 Å². The molecular weight excluding hydrogens is 414 g/mol. The smallest absolute Gasteiger partial charge is 0.308 e. The number of ether oxygens (including phenoxy) is 1. The van der Waals surface area contributed by atoms with E-state index in [1.165, 1.54) is 0 Å². The summed E-state index contributed by atoms with van der Waals surface area (Å²) >= 11 is 6.12. The number of hydrogen-bond donors (Lipinski definition) is 1. The molecule has 1 aliphatic rings. The van der Waals surface area contributed by atoms with Gasteiger partial charge in [-0.3, -0.25) is 14.4 Å². The number of rotatable bonds is 3. The van der Waals surface area contributed by atoms with Gasteiger partial charge in [0.25, 0.3) is 0 Å². The lowest BCUT2D eigenvalue weighted by atomic mass is 9.99. The molecule has 0 saturated heterocycles. The Morgan fingerprint density at radius 3 is 2.48 bits per heavy atom. The summed E-state index contributed by atoms with van der Waals surface area (Å²) in [5, 5.41) is 9.31. The lowest BCUT2D eigenvalue weighted by Gasteiger charge is -2.21. The Balaban J connectivity index is 1.91. The number of H-pyrrole nitrogens is 1. The van der Waals surface area contributed by atoms with Gasteiger partial charge in [-0.05, 0) is 59.2 Å². The first-order valence-corrected chi connectivity index (χ1v) is 10.6. The summed E-state index contributed by atoms with van der Waals surface area (Å²) in [4.78, 5) is 21.2. The van der Waals surface area contributed by atoms with Crippen molar-refractivity contribution in [1.82, 2.24) is 19.7 Å². The Hall–Kier alpha value is -2.93. The van der Waals surface area contributed by atoms with Crippen LogP contribution in [0.5, 0.6) is 0 Å². The van der Waals surface area contributed by atoms with Gasteiger partial charge in [-0.2, -0.15) is 0 Å². The van der Waals surface area contributed by atoms with Gasteiger partial charge in [0.15, 0.2) is 5.82 Å². The maximum Gasteiger partial charge on any atom is 0.308 e. The molecule has 7 nitrogen and oxygen atoms in total. The van der Waals surface area contributed by atoms with Gasteiger partial charge >= 0.3 is 5.97 Å². The zero-order valence-electron chi connectivity index (χ0n) is 18.6. The normalized spacial score (nSPS) is 15.7. The third kappa shape index (κ3) is 4.02. The van der Waals surface area contributed by atoms with Crippen molar-refractivity contribution in [1.29, 1.82) is 0 Å². The van der Waals surface area contributed by atoms with Crippen LogP contribution in [-0.4, -0.2) is 37.0 Å². The first-order valence-electron chi connectivity index (χ1n) is 10.2. The number of benzene rings is 1. The van der Waals surface area contributed by atoms with Crippen molar-refractivity contribution >= 4 is 23.3 Å². The molecule has 1 atom stereocenters. The molecule has 0 fully saturated rings. The van der Waals surface area contributed by atoms with Crippen molar-refractivity contribution in [2.24, 2.45) is 4.99 Å². The number of nitrogens with zero attached hydrogens (tertiary/aromatic N) is 4. The monoisotopic (exact) mass is 439 g/mol. The third-order valence-electron chi connectivity index (χ3n) is 5.27. The third-order valence-corrected chi connectivity index (χ3v) is 5.52. The van der Waals surface area contributed by atoms with Crippen molar-refractivity contribution in [2.45, 2.75) is 59.6 Å². The molecule has 0 aliphatic carbocycles. The van der Waals surface area contributed by atoms with E-state index in [1.54, 1.807) is 0 Å². The lowest BCUT2D eigenvalue weighted by Crippen LogP contribution is -2.25. The van der Waals surface area contributed by atoms with Gasteiger partial charge in [0.2, 0.25) is 0 Å². The number of nitrogens with one attached hydrogen (secondary N) is 1. The standard InChI is InChI=1S/C23H26ClN5O2/c1-12-13(2)25-22-19(12)20(15-7-9-16(24)10-8-15)26-17(11-18(30)31-23(4,5)6)21-28-27-14(3)29(21)22/h7-10,17,25H,11H2,1-6H3/t17-/m0/s1. The number of aromatic nitrogens is 4. The molecule has 2 aromatic heterocycles. The second kappa shape index (κ2) is 7.64. The number of fused-ring (bicyclic) bond motifs is 3. The van der Waals surface area contributed by atoms with Crippen molar-refractivity contribution in [2.75, 3.05) is 0 Å². The Morgan fingerprint density at radius 1 is 1.16 bits per heavy atom. The molecule has 0 bridgehead atoms. The summed E-state index contributed by atoms with van der Waals surface area (Å²) < 4.78 is 7.53. The van der Waals surface area contributed by atoms with Crippen LogP contribution in [0.2, 0.25) is 5.02 Å². The van der Waals surface area contributed by atoms with Crippen molar-refractivity contribution in [3.63, 3.8) is 0 Å². The minimum Gasteiger partial charge on any atom is -0.460 e. The second-order valence-corrected chi connectivity index (χ2v) is 9.27. The van der Waals surface area contributed by atoms with Crippen LogP contribution in [0.25, 0.3) is 5.82 Å². The molecule has 1 N–H and O–H groups in total. The molecule has 1 aromatic carbocycles. The summed E-state index contributed by atoms with van der Waals surface area (Å²) in [5.41, 5.74) is 4.21. The predicted molar refractivity (Wildman–Crippen MR) is 120 cm³/mol. The van der Waals surface area contributed by atoms with Gasteiger partial charge < -0.3 is 9.72 Å². The van der Waals surface area contributed by atoms with Crippen LogP contribution < -0.4 is 0 Å². The molecule has 4 rings (SSSR count). The summed E-state index contributed by atoms with van der Waals surface area (Å²) in [6.07, 6.45) is 0.0643. The van der Waals surface area contributed by atoms with E-state index >= 15 is 0 Å². The number of aryl methyl sites for hydroxylation is 2. The van der Waals surface area contributed by atoms with E-state index in [0.29, 0.717) is 10.8 Å². The fraction of sp³-hybridized carbons (Fsp3) is 0.391. The number of carbonyl (C=O) groups is 1. The molecule has 3 aromatic rings. The zero-order valence-corrected chi connectivity index (χ0v) is 19.3.